The highest BCUT2D eigenvalue weighted by Gasteiger charge is 2.71. The molecule has 3 atom stereocenters. The van der Waals surface area contributed by atoms with Crippen LogP contribution in [0.25, 0.3) is 6.08 Å². The first kappa shape index (κ1) is 26.0. The number of rotatable bonds is 6. The fourth-order valence-corrected chi connectivity index (χ4v) is 7.21. The fraction of sp³-hybridized carbons (Fsp3) is 0.194. The summed E-state index contributed by atoms with van der Waals surface area (Å²) >= 11 is 0. The molecule has 0 radical (unpaired) electrons. The van der Waals surface area contributed by atoms with Gasteiger partial charge in [0.25, 0.3) is 0 Å². The maximum atomic E-state index is 14.8. The number of benzene rings is 4. The Hall–Kier alpha value is -4.97. The quantitative estimate of drug-likeness (QED) is 0.202. The zero-order chi connectivity index (χ0) is 29.0. The molecule has 0 aromatic heterocycles. The van der Waals surface area contributed by atoms with E-state index in [4.69, 9.17) is 9.47 Å². The van der Waals surface area contributed by atoms with Crippen molar-refractivity contribution in [1.29, 1.82) is 0 Å². The molecule has 0 N–H and O–H groups in total. The van der Waals surface area contributed by atoms with Gasteiger partial charge in [-0.1, -0.05) is 72.8 Å². The summed E-state index contributed by atoms with van der Waals surface area (Å²) in [5, 5.41) is 0. The Morgan fingerprint density at radius 2 is 1.48 bits per heavy atom. The molecule has 4 aromatic carbocycles. The number of carbonyl (C=O) groups excluding carboxylic acids is 3. The van der Waals surface area contributed by atoms with E-state index in [0.29, 0.717) is 40.4 Å². The van der Waals surface area contributed by atoms with E-state index in [-0.39, 0.29) is 17.3 Å². The topological polar surface area (TPSA) is 72.9 Å². The van der Waals surface area contributed by atoms with Gasteiger partial charge in [0.1, 0.15) is 23.0 Å². The van der Waals surface area contributed by atoms with Crippen molar-refractivity contribution in [3.05, 3.63) is 131 Å². The highest BCUT2D eigenvalue weighted by atomic mass is 16.5. The molecule has 6 nitrogen and oxygen atoms in total. The highest BCUT2D eigenvalue weighted by molar-refractivity contribution is 6.32. The summed E-state index contributed by atoms with van der Waals surface area (Å²) in [6, 6.07) is 27.7. The lowest BCUT2D eigenvalue weighted by Crippen LogP contribution is -2.48. The lowest BCUT2D eigenvalue weighted by molar-refractivity contribution is 0.0664. The molecule has 208 valence electrons. The number of ketones is 3. The summed E-state index contributed by atoms with van der Waals surface area (Å²) in [7, 11) is 1.58. The maximum Gasteiger partial charge on any atom is 0.185 e. The van der Waals surface area contributed by atoms with Crippen molar-refractivity contribution in [1.82, 2.24) is 0 Å². The molecule has 2 heterocycles. The van der Waals surface area contributed by atoms with Crippen molar-refractivity contribution in [2.24, 2.45) is 5.41 Å². The first-order chi connectivity index (χ1) is 20.5. The number of fused-ring (bicyclic) bond motifs is 5. The molecule has 2 aliphatic heterocycles. The molecule has 0 unspecified atom stereocenters. The van der Waals surface area contributed by atoms with Crippen LogP contribution in [-0.4, -0.2) is 43.2 Å². The predicted molar refractivity (Wildman–Crippen MR) is 161 cm³/mol. The van der Waals surface area contributed by atoms with E-state index in [1.807, 2.05) is 72.5 Å². The smallest absolute Gasteiger partial charge is 0.185 e. The molecule has 1 fully saturated rings. The lowest BCUT2D eigenvalue weighted by atomic mass is 9.64. The minimum Gasteiger partial charge on any atom is -0.497 e. The van der Waals surface area contributed by atoms with E-state index in [1.165, 1.54) is 0 Å². The Morgan fingerprint density at radius 3 is 2.17 bits per heavy atom. The number of methoxy groups -OCH3 is 1. The molecule has 0 bridgehead atoms. The Morgan fingerprint density at radius 1 is 0.833 bits per heavy atom. The molecule has 0 saturated carbocycles. The lowest BCUT2D eigenvalue weighted by Gasteiger charge is -2.37. The van der Waals surface area contributed by atoms with Gasteiger partial charge in [0.2, 0.25) is 0 Å². The summed E-state index contributed by atoms with van der Waals surface area (Å²) < 4.78 is 11.4. The van der Waals surface area contributed by atoms with Crippen molar-refractivity contribution < 1.29 is 23.9 Å². The standard InChI is InChI=1S/C36H29NO5/c1-3-42-29-15-9-7-13-27(29)31-32(33(38)23-16-19-24(41-2)20-17-23)37-28-14-8-4-10-22(28)18-21-30(37)36(31)34(39)25-11-5-6-12-26(25)35(36)40/h4-21,30-32H,3H2,1-2H3/t30-,31+,32-/m0/s1. The number of para-hydroxylation sites is 2. The van der Waals surface area contributed by atoms with Crippen molar-refractivity contribution in [3.8, 4) is 11.5 Å². The SMILES string of the molecule is CCOc1ccccc1[C@@H]1[C@@H](C(=O)c2ccc(OC)cc2)N2c3ccccc3C=C[C@H]2C12C(=O)c1ccccc1C2=O. The number of ether oxygens (including phenoxy) is 2. The minimum atomic E-state index is -1.58. The molecule has 4 aromatic rings. The monoisotopic (exact) mass is 555 g/mol. The molecule has 0 amide bonds. The zero-order valence-electron chi connectivity index (χ0n) is 23.3. The van der Waals surface area contributed by atoms with E-state index in [1.54, 1.807) is 55.6 Å². The third-order valence-corrected chi connectivity index (χ3v) is 8.91. The van der Waals surface area contributed by atoms with Crippen LogP contribution in [0, 0.1) is 5.41 Å². The summed E-state index contributed by atoms with van der Waals surface area (Å²) in [5.74, 6) is -0.341. The third kappa shape index (κ3) is 3.48. The fourth-order valence-electron chi connectivity index (χ4n) is 7.21. The van der Waals surface area contributed by atoms with Gasteiger partial charge < -0.3 is 14.4 Å². The molecular weight excluding hydrogens is 526 g/mol. The number of anilines is 1. The van der Waals surface area contributed by atoms with Gasteiger partial charge in [0, 0.05) is 33.9 Å². The molecule has 6 heteroatoms. The molecule has 1 saturated heterocycles. The number of Topliss-reactive ketones (excluding diaryl/α,β-unsaturated/α-hetero) is 3. The normalized spacial score (nSPS) is 21.2. The van der Waals surface area contributed by atoms with Crippen LogP contribution >= 0.6 is 0 Å². The number of nitrogens with zero attached hydrogens (tertiary/aromatic N) is 1. The first-order valence-electron chi connectivity index (χ1n) is 14.2. The zero-order valence-corrected chi connectivity index (χ0v) is 23.3. The Labute approximate surface area is 244 Å². The third-order valence-electron chi connectivity index (χ3n) is 8.91. The van der Waals surface area contributed by atoms with E-state index in [9.17, 15) is 14.4 Å². The molecule has 1 aliphatic carbocycles. The predicted octanol–water partition coefficient (Wildman–Crippen LogP) is 6.41. The maximum absolute atomic E-state index is 14.8. The largest absolute Gasteiger partial charge is 0.497 e. The Bertz CT molecular complexity index is 1740. The average molecular weight is 556 g/mol. The molecule has 42 heavy (non-hydrogen) atoms. The number of carbonyl (C=O) groups is 3. The number of hydrogen-bond acceptors (Lipinski definition) is 6. The van der Waals surface area contributed by atoms with Gasteiger partial charge in [0.15, 0.2) is 17.3 Å². The second-order valence-corrected chi connectivity index (χ2v) is 10.8. The van der Waals surface area contributed by atoms with Gasteiger partial charge in [-0.25, -0.2) is 0 Å². The van der Waals surface area contributed by atoms with Crippen molar-refractivity contribution in [3.63, 3.8) is 0 Å². The summed E-state index contributed by atoms with van der Waals surface area (Å²) in [5.41, 5.74) is 2.08. The van der Waals surface area contributed by atoms with Gasteiger partial charge in [0.05, 0.1) is 19.8 Å². The van der Waals surface area contributed by atoms with Crippen LogP contribution < -0.4 is 14.4 Å². The van der Waals surface area contributed by atoms with E-state index < -0.39 is 23.4 Å². The Kier molecular flexibility index (Phi) is 6.08. The van der Waals surface area contributed by atoms with Crippen LogP contribution in [0.15, 0.2) is 103 Å². The van der Waals surface area contributed by atoms with Gasteiger partial charge >= 0.3 is 0 Å². The van der Waals surface area contributed by atoms with Crippen LogP contribution in [0.5, 0.6) is 11.5 Å². The van der Waals surface area contributed by atoms with Crippen LogP contribution in [0.4, 0.5) is 5.69 Å². The Balaban J connectivity index is 1.54. The summed E-state index contributed by atoms with van der Waals surface area (Å²) in [4.78, 5) is 46.4. The second-order valence-electron chi connectivity index (χ2n) is 10.8. The average Bonchev–Trinajstić information content (AvgIpc) is 3.47. The number of hydrogen-bond donors (Lipinski definition) is 0. The van der Waals surface area contributed by atoms with Gasteiger partial charge in [-0.05, 0) is 48.9 Å². The van der Waals surface area contributed by atoms with E-state index in [0.717, 1.165) is 11.3 Å². The van der Waals surface area contributed by atoms with E-state index >= 15 is 0 Å². The minimum absolute atomic E-state index is 0.183. The molecular formula is C36H29NO5. The van der Waals surface area contributed by atoms with E-state index in [2.05, 4.69) is 0 Å². The van der Waals surface area contributed by atoms with Crippen LogP contribution in [-0.2, 0) is 0 Å². The van der Waals surface area contributed by atoms with Crippen LogP contribution in [0.3, 0.4) is 0 Å². The van der Waals surface area contributed by atoms with Crippen molar-refractivity contribution in [2.45, 2.75) is 24.9 Å². The summed E-state index contributed by atoms with van der Waals surface area (Å²) in [6.45, 7) is 2.29. The van der Waals surface area contributed by atoms with Crippen LogP contribution in [0.1, 0.15) is 55.0 Å². The van der Waals surface area contributed by atoms with Gasteiger partial charge in [-0.15, -0.1) is 0 Å². The second kappa shape index (κ2) is 9.84. The van der Waals surface area contributed by atoms with Gasteiger partial charge in [-0.2, -0.15) is 0 Å². The molecule has 3 aliphatic rings. The molecule has 1 spiro atoms. The van der Waals surface area contributed by atoms with Crippen molar-refractivity contribution >= 4 is 29.1 Å². The molecule has 7 rings (SSSR count). The summed E-state index contributed by atoms with van der Waals surface area (Å²) in [6.07, 6.45) is 3.90. The first-order valence-corrected chi connectivity index (χ1v) is 14.2. The van der Waals surface area contributed by atoms with Gasteiger partial charge in [-0.3, -0.25) is 14.4 Å². The highest BCUT2D eigenvalue weighted by Crippen LogP contribution is 2.62. The van der Waals surface area contributed by atoms with Crippen LogP contribution in [0.2, 0.25) is 0 Å². The van der Waals surface area contributed by atoms with Crippen molar-refractivity contribution in [2.75, 3.05) is 18.6 Å².